The zero-order chi connectivity index (χ0) is 30.9. The van der Waals surface area contributed by atoms with Gasteiger partial charge in [-0.25, -0.2) is 0 Å². The van der Waals surface area contributed by atoms with Crippen molar-refractivity contribution in [2.75, 3.05) is 13.7 Å². The second kappa shape index (κ2) is 14.1. The Hall–Kier alpha value is -4.16. The molecule has 8 N–H and O–H groups in total. The van der Waals surface area contributed by atoms with Crippen molar-refractivity contribution in [3.05, 3.63) is 70.0 Å². The highest BCUT2D eigenvalue weighted by atomic mass is 19.4. The number of carbonyl (C=O) groups excluding carboxylic acids is 3. The van der Waals surface area contributed by atoms with E-state index in [0.29, 0.717) is 29.0 Å². The Morgan fingerprint density at radius 1 is 1.07 bits per heavy atom. The van der Waals surface area contributed by atoms with Crippen LogP contribution in [0.5, 0.6) is 5.75 Å². The quantitative estimate of drug-likeness (QED) is 0.247. The molecule has 1 saturated carbocycles. The van der Waals surface area contributed by atoms with Gasteiger partial charge in [0.05, 0.1) is 23.7 Å². The molecule has 9 nitrogen and oxygen atoms in total. The zero-order valence-electron chi connectivity index (χ0n) is 23.8. The molecule has 3 aliphatic carbocycles. The fourth-order valence-corrected chi connectivity index (χ4v) is 6.18. The van der Waals surface area contributed by atoms with Gasteiger partial charge in [0.25, 0.3) is 5.91 Å². The Morgan fingerprint density at radius 2 is 1.70 bits per heavy atom. The van der Waals surface area contributed by atoms with Crippen molar-refractivity contribution in [2.24, 2.45) is 29.2 Å². The molecule has 0 radical (unpaired) electrons. The van der Waals surface area contributed by atoms with Crippen molar-refractivity contribution >= 4 is 23.2 Å². The van der Waals surface area contributed by atoms with E-state index in [9.17, 15) is 37.8 Å². The van der Waals surface area contributed by atoms with Crippen LogP contribution < -0.4 is 16.2 Å². The van der Waals surface area contributed by atoms with Crippen LogP contribution >= 0.6 is 0 Å². The van der Waals surface area contributed by atoms with E-state index in [1.54, 1.807) is 12.1 Å². The van der Waals surface area contributed by atoms with Crippen LogP contribution in [-0.2, 0) is 27.0 Å². The van der Waals surface area contributed by atoms with Crippen molar-refractivity contribution in [1.82, 2.24) is 0 Å². The van der Waals surface area contributed by atoms with Gasteiger partial charge in [0.15, 0.2) is 11.6 Å². The van der Waals surface area contributed by atoms with Gasteiger partial charge in [-0.3, -0.25) is 14.4 Å². The fraction of sp³-hybridized carbons (Fsp3) is 0.406. The van der Waals surface area contributed by atoms with Crippen LogP contribution in [0.25, 0.3) is 16.9 Å². The highest BCUT2D eigenvalue weighted by molar-refractivity contribution is 6.21. The summed E-state index contributed by atoms with van der Waals surface area (Å²) >= 11 is 0. The van der Waals surface area contributed by atoms with Gasteiger partial charge >= 0.3 is 6.18 Å². The lowest BCUT2D eigenvalue weighted by Crippen LogP contribution is -2.44. The SMILES string of the molecule is C.CCCCOc1ccc(-c2ccc(C(F)(F)F)cc2)c2c1C(O)=C1C(=O)C3C(O)=C(C(N)=O)C(=O)CC3CC1C2.CN.O.[HH].[HH]. The van der Waals surface area contributed by atoms with Gasteiger partial charge in [-0.15, -0.1) is 0 Å². The number of Topliss-reactive ketones (excluding diaryl/α,β-unsaturated/α-hetero) is 2. The van der Waals surface area contributed by atoms with Gasteiger partial charge in [-0.2, -0.15) is 13.2 Å². The number of carbonyl (C=O) groups is 3. The van der Waals surface area contributed by atoms with Crippen molar-refractivity contribution in [2.45, 2.75) is 52.6 Å². The van der Waals surface area contributed by atoms with Crippen molar-refractivity contribution in [3.8, 4) is 16.9 Å². The summed E-state index contributed by atoms with van der Waals surface area (Å²) in [7, 11) is 1.50. The van der Waals surface area contributed by atoms with Gasteiger partial charge in [0, 0.05) is 14.8 Å². The monoisotopic (exact) mass is 624 g/mol. The Balaban J connectivity index is 0.00000331. The lowest BCUT2D eigenvalue weighted by Gasteiger charge is -2.41. The van der Waals surface area contributed by atoms with Gasteiger partial charge in [0.1, 0.15) is 22.8 Å². The Morgan fingerprint density at radius 3 is 2.27 bits per heavy atom. The molecule has 5 rings (SSSR count). The summed E-state index contributed by atoms with van der Waals surface area (Å²) in [5, 5.41) is 22.3. The molecule has 0 heterocycles. The number of fused-ring (bicyclic) bond motifs is 3. The van der Waals surface area contributed by atoms with Crippen LogP contribution in [0.2, 0.25) is 0 Å². The first-order valence-electron chi connectivity index (χ1n) is 13.7. The number of allylic oxidation sites excluding steroid dienone is 2. The van der Waals surface area contributed by atoms with Crippen LogP contribution in [0.4, 0.5) is 13.2 Å². The number of hydrogen-bond acceptors (Lipinski definition) is 7. The molecule has 244 valence electrons. The van der Waals surface area contributed by atoms with E-state index in [-0.39, 0.29) is 51.9 Å². The lowest BCUT2D eigenvalue weighted by atomic mass is 9.61. The highest BCUT2D eigenvalue weighted by Crippen LogP contribution is 2.51. The smallest absolute Gasteiger partial charge is 0.416 e. The van der Waals surface area contributed by atoms with Crippen molar-refractivity contribution in [1.29, 1.82) is 0 Å². The number of nitrogens with two attached hydrogens (primary N) is 2. The van der Waals surface area contributed by atoms with Crippen molar-refractivity contribution in [3.63, 3.8) is 0 Å². The zero-order valence-corrected chi connectivity index (χ0v) is 23.8. The molecular formula is C32H43F3N2O7. The van der Waals surface area contributed by atoms with Gasteiger partial charge < -0.3 is 31.9 Å². The number of primary amides is 1. The average molecular weight is 625 g/mol. The van der Waals surface area contributed by atoms with Gasteiger partial charge in [-0.05, 0) is 73.0 Å². The maximum atomic E-state index is 13.7. The first-order valence-corrected chi connectivity index (χ1v) is 13.7. The van der Waals surface area contributed by atoms with Crippen LogP contribution in [0.1, 0.15) is 59.6 Å². The second-order valence-corrected chi connectivity index (χ2v) is 10.5. The van der Waals surface area contributed by atoms with E-state index in [4.69, 9.17) is 10.5 Å². The number of ether oxygens (including phenoxy) is 1. The number of alkyl halides is 3. The lowest BCUT2D eigenvalue weighted by molar-refractivity contribution is -0.137. The van der Waals surface area contributed by atoms with Crippen LogP contribution in [0, 0.1) is 17.8 Å². The predicted octanol–water partition coefficient (Wildman–Crippen LogP) is 5.35. The topological polar surface area (TPSA) is 184 Å². The molecule has 0 aliphatic heterocycles. The molecule has 0 spiro atoms. The molecule has 44 heavy (non-hydrogen) atoms. The number of ketones is 2. The first-order chi connectivity index (χ1) is 19.9. The number of aliphatic hydroxyl groups excluding tert-OH is 2. The van der Waals surface area contributed by atoms with Crippen molar-refractivity contribution < 1.29 is 50.8 Å². The highest BCUT2D eigenvalue weighted by Gasteiger charge is 2.51. The molecule has 1 amide bonds. The van der Waals surface area contributed by atoms with Crippen LogP contribution in [0.3, 0.4) is 0 Å². The summed E-state index contributed by atoms with van der Waals surface area (Å²) in [6.07, 6.45) is -2.52. The summed E-state index contributed by atoms with van der Waals surface area (Å²) in [6, 6.07) is 8.06. The van der Waals surface area contributed by atoms with Gasteiger partial charge in [-0.1, -0.05) is 39.0 Å². The number of unbranched alkanes of at least 4 members (excludes halogenated alkanes) is 1. The summed E-state index contributed by atoms with van der Waals surface area (Å²) in [5.41, 5.74) is 10.5. The molecule has 0 saturated heterocycles. The number of halogens is 3. The third-order valence-corrected chi connectivity index (χ3v) is 8.03. The first kappa shape index (κ1) is 36.0. The number of rotatable bonds is 6. The van der Waals surface area contributed by atoms with E-state index in [1.165, 1.54) is 19.2 Å². The minimum atomic E-state index is -4.49. The van der Waals surface area contributed by atoms with Gasteiger partial charge in [0.2, 0.25) is 0 Å². The van der Waals surface area contributed by atoms with E-state index < -0.39 is 58.3 Å². The predicted molar refractivity (Wildman–Crippen MR) is 164 cm³/mol. The molecule has 2 aromatic carbocycles. The molecule has 0 bridgehead atoms. The Bertz CT molecular complexity index is 1490. The maximum Gasteiger partial charge on any atom is 0.416 e. The number of hydrogen-bond donors (Lipinski definition) is 4. The molecular weight excluding hydrogens is 581 g/mol. The molecule has 12 heteroatoms. The summed E-state index contributed by atoms with van der Waals surface area (Å²) < 4.78 is 45.5. The standard InChI is InChI=1S/C30H28F3NO6.CH5N.CH4.H2O.2H2/c1-2-3-10-40-21-9-8-18(14-4-6-17(7-5-14)30(31,32)33)19-12-15-11-16-13-20(35)25(29(34)39)28(38)23(16)26(36)22(15)27(37)24(19)21;1-2;;;;/h4-9,15-16,23,37-38H,2-3,10-13H2,1H3,(H2,34,39);2H2,1H3;1H4;1H2;2*1H. The van der Waals surface area contributed by atoms with Crippen LogP contribution in [-0.4, -0.2) is 46.8 Å². The summed E-state index contributed by atoms with van der Waals surface area (Å²) in [5.74, 6) is -5.30. The number of amides is 1. The molecule has 1 fully saturated rings. The molecule has 0 aromatic heterocycles. The normalized spacial score (nSPS) is 20.6. The van der Waals surface area contributed by atoms with E-state index in [2.05, 4.69) is 5.73 Å². The average Bonchev–Trinajstić information content (AvgIpc) is 2.93. The third-order valence-electron chi connectivity index (χ3n) is 8.03. The molecule has 3 unspecified atom stereocenters. The Labute approximate surface area is 256 Å². The summed E-state index contributed by atoms with van der Waals surface area (Å²) in [6.45, 7) is 2.34. The van der Waals surface area contributed by atoms with E-state index >= 15 is 0 Å². The van der Waals surface area contributed by atoms with Crippen LogP contribution in [0.15, 0.2) is 53.3 Å². The molecule has 3 atom stereocenters. The third kappa shape index (κ3) is 6.36. The second-order valence-electron chi connectivity index (χ2n) is 10.5. The molecule has 2 aromatic rings. The van der Waals surface area contributed by atoms with E-state index in [1.807, 2.05) is 6.92 Å². The minimum absolute atomic E-state index is 0. The number of aliphatic hydroxyl groups is 2. The maximum absolute atomic E-state index is 13.7. The number of benzene rings is 2. The van der Waals surface area contributed by atoms with E-state index in [0.717, 1.165) is 25.0 Å². The fourth-order valence-electron chi connectivity index (χ4n) is 6.18. The minimum Gasteiger partial charge on any atom is -0.511 e. The summed E-state index contributed by atoms with van der Waals surface area (Å²) in [4.78, 5) is 38.1. The Kier molecular flexibility index (Phi) is 11.5. The largest absolute Gasteiger partial charge is 0.511 e. The molecule has 3 aliphatic rings.